The smallest absolute Gasteiger partial charge is 0.345 e. The Labute approximate surface area is 161 Å². The average Bonchev–Trinajstić information content (AvgIpc) is 2.50. The number of morpholine rings is 2. The van der Waals surface area contributed by atoms with Crippen LogP contribution in [0.5, 0.6) is 0 Å². The molecule has 0 bridgehead atoms. The van der Waals surface area contributed by atoms with Gasteiger partial charge in [0, 0.05) is 38.2 Å². The molecule has 5 atom stereocenters. The summed E-state index contributed by atoms with van der Waals surface area (Å²) < 4.78 is 35.6. The summed E-state index contributed by atoms with van der Waals surface area (Å²) in [6.45, 7) is 7.68. The van der Waals surface area contributed by atoms with E-state index < -0.39 is 7.67 Å². The van der Waals surface area contributed by atoms with Gasteiger partial charge in [-0.15, -0.1) is 0 Å². The van der Waals surface area contributed by atoms with Crippen molar-refractivity contribution >= 4 is 23.4 Å². The second kappa shape index (κ2) is 9.55. The van der Waals surface area contributed by atoms with E-state index in [-0.39, 0.29) is 24.2 Å². The van der Waals surface area contributed by atoms with Gasteiger partial charge in [0.2, 0.25) is 0 Å². The largest absolute Gasteiger partial charge is 0.381 e. The molecule has 150 valence electrons. The predicted octanol–water partition coefficient (Wildman–Crippen LogP) is -0.331. The fourth-order valence-electron chi connectivity index (χ4n) is 3.88. The zero-order chi connectivity index (χ0) is 19.5. The normalized spacial score (nSPS) is 34.3. The minimum Gasteiger partial charge on any atom is -0.381 e. The van der Waals surface area contributed by atoms with E-state index in [9.17, 15) is 4.57 Å². The summed E-state index contributed by atoms with van der Waals surface area (Å²) in [4.78, 5) is 2.23. The van der Waals surface area contributed by atoms with E-state index in [1.54, 1.807) is 4.67 Å². The lowest BCUT2D eigenvalue weighted by molar-refractivity contribution is -0.0661. The summed E-state index contributed by atoms with van der Waals surface area (Å²) >= 11 is 0. The number of nitrogens with zero attached hydrogens (tertiary/aromatic N) is 3. The van der Waals surface area contributed by atoms with Crippen molar-refractivity contribution in [2.45, 2.75) is 44.5 Å². The summed E-state index contributed by atoms with van der Waals surface area (Å²) in [6, 6.07) is 0.210. The summed E-state index contributed by atoms with van der Waals surface area (Å²) in [7, 11) is 6.74. The van der Waals surface area contributed by atoms with Crippen molar-refractivity contribution in [3.05, 3.63) is 0 Å². The molecule has 2 aliphatic rings. The molecular weight excluding hydrogens is 351 g/mol. The van der Waals surface area contributed by atoms with Crippen LogP contribution in [0.25, 0.3) is 0 Å². The first-order valence-electron chi connectivity index (χ1n) is 9.77. The molecule has 26 heavy (non-hydrogen) atoms. The molecule has 0 N–H and O–H groups in total. The van der Waals surface area contributed by atoms with Crippen molar-refractivity contribution in [3.8, 4) is 0 Å². The maximum atomic E-state index is 13.8. The highest BCUT2D eigenvalue weighted by Crippen LogP contribution is 2.53. The van der Waals surface area contributed by atoms with E-state index in [1.165, 1.54) is 0 Å². The van der Waals surface area contributed by atoms with Gasteiger partial charge in [0.25, 0.3) is 0 Å². The molecule has 2 saturated heterocycles. The number of rotatable bonds is 7. The molecule has 0 radical (unpaired) electrons. The van der Waals surface area contributed by atoms with Crippen molar-refractivity contribution < 1.29 is 18.6 Å². The van der Waals surface area contributed by atoms with Crippen molar-refractivity contribution in [2.24, 2.45) is 5.92 Å². The van der Waals surface area contributed by atoms with Gasteiger partial charge < -0.3 is 18.9 Å². The molecule has 2 rings (SSSR count). The lowest BCUT2D eigenvalue weighted by Crippen LogP contribution is -2.50. The lowest BCUT2D eigenvalue weighted by atomic mass is 9.96. The molecule has 0 saturated carbocycles. The van der Waals surface area contributed by atoms with E-state index in [4.69, 9.17) is 14.0 Å². The summed E-state index contributed by atoms with van der Waals surface area (Å²) in [5.41, 5.74) is 0. The number of hydrogen-bond acceptors (Lipinski definition) is 5. The van der Waals surface area contributed by atoms with Gasteiger partial charge in [-0.3, -0.25) is 4.57 Å². The molecule has 10 heteroatoms. The lowest BCUT2D eigenvalue weighted by Gasteiger charge is -2.43. The third-order valence-corrected chi connectivity index (χ3v) is 7.38. The Morgan fingerprint density at radius 2 is 1.73 bits per heavy atom. The highest BCUT2D eigenvalue weighted by molar-refractivity contribution is 7.53. The molecule has 2 aliphatic heterocycles. The monoisotopic (exact) mass is 387 g/mol. The van der Waals surface area contributed by atoms with E-state index in [0.29, 0.717) is 25.6 Å². The van der Waals surface area contributed by atoms with Gasteiger partial charge in [-0.2, -0.15) is 0 Å². The molecule has 2 heterocycles. The van der Waals surface area contributed by atoms with Crippen LogP contribution in [-0.4, -0.2) is 108 Å². The Bertz CT molecular complexity index is 488. The summed E-state index contributed by atoms with van der Waals surface area (Å²) in [6.07, 6.45) is 0.997. The Balaban J connectivity index is 2.04. The van der Waals surface area contributed by atoms with Gasteiger partial charge in [0.05, 0.1) is 18.8 Å². The minimum atomic E-state index is -3.10. The maximum absolute atomic E-state index is 13.8. The van der Waals surface area contributed by atoms with Crippen molar-refractivity contribution in [2.75, 3.05) is 53.9 Å². The van der Waals surface area contributed by atoms with Crippen LogP contribution >= 0.6 is 7.67 Å². The Morgan fingerprint density at radius 1 is 1.12 bits per heavy atom. The summed E-state index contributed by atoms with van der Waals surface area (Å²) in [5.74, 6) is 0.541. The molecule has 0 aliphatic carbocycles. The number of ether oxygens (including phenoxy) is 2. The van der Waals surface area contributed by atoms with Gasteiger partial charge in [0.1, 0.15) is 15.7 Å². The predicted molar refractivity (Wildman–Crippen MR) is 110 cm³/mol. The van der Waals surface area contributed by atoms with Crippen LogP contribution in [0.4, 0.5) is 0 Å². The van der Waals surface area contributed by atoms with Gasteiger partial charge in [-0.05, 0) is 33.5 Å². The zero-order valence-corrected chi connectivity index (χ0v) is 18.4. The van der Waals surface area contributed by atoms with Crippen LogP contribution in [-0.2, 0) is 18.6 Å². The average molecular weight is 387 g/mol. The second-order valence-electron chi connectivity index (χ2n) is 8.49. The quantitative estimate of drug-likeness (QED) is 0.438. The molecule has 2 fully saturated rings. The standard InChI is InChI=1S/C16H36B2N3O4P/c1-12(2)6-13-8-21(10-16(18)24-13)26(22,19(3)4)23-11-14-7-20(5)9-15(17)25-14/h12-16H,6-11,17-18H2,1-5H3. The van der Waals surface area contributed by atoms with E-state index >= 15 is 0 Å². The molecular formula is C16H36B2N3O4P. The molecule has 0 aromatic carbocycles. The number of hydrogen-bond donors (Lipinski definition) is 0. The third-order valence-electron chi connectivity index (χ3n) is 4.84. The minimum absolute atomic E-state index is 0.0430. The van der Waals surface area contributed by atoms with Crippen LogP contribution in [0.15, 0.2) is 0 Å². The number of likely N-dealkylation sites (N-methyl/N-ethyl adjacent to an activating group) is 1. The highest BCUT2D eigenvalue weighted by Gasteiger charge is 2.41. The topological polar surface area (TPSA) is 54.5 Å². The molecule has 7 nitrogen and oxygen atoms in total. The van der Waals surface area contributed by atoms with Crippen LogP contribution < -0.4 is 0 Å². The van der Waals surface area contributed by atoms with Crippen LogP contribution in [0.2, 0.25) is 0 Å². The molecule has 0 aromatic heterocycles. The van der Waals surface area contributed by atoms with E-state index in [2.05, 4.69) is 33.6 Å². The van der Waals surface area contributed by atoms with E-state index in [0.717, 1.165) is 19.5 Å². The van der Waals surface area contributed by atoms with Crippen LogP contribution in [0, 0.1) is 5.92 Å². The molecule has 0 amide bonds. The highest BCUT2D eigenvalue weighted by atomic mass is 31.2. The van der Waals surface area contributed by atoms with Gasteiger partial charge in [0.15, 0.2) is 0 Å². The van der Waals surface area contributed by atoms with Crippen LogP contribution in [0.1, 0.15) is 20.3 Å². The molecule has 0 aromatic rings. The van der Waals surface area contributed by atoms with Crippen molar-refractivity contribution in [3.63, 3.8) is 0 Å². The Morgan fingerprint density at radius 3 is 2.31 bits per heavy atom. The Hall–Kier alpha value is 0.120. The first kappa shape index (κ1) is 22.4. The second-order valence-corrected chi connectivity index (χ2v) is 11.1. The SMILES string of the molecule is BC1CN(C)CC(COP(=O)(N(C)C)N2CC(B)OC(CC(C)C)C2)O1. The fourth-order valence-corrected chi connectivity index (χ4v) is 5.97. The first-order valence-corrected chi connectivity index (χ1v) is 11.3. The van der Waals surface area contributed by atoms with Gasteiger partial charge in [-0.25, -0.2) is 9.34 Å². The maximum Gasteiger partial charge on any atom is 0.345 e. The Kier molecular flexibility index (Phi) is 8.23. The van der Waals surface area contributed by atoms with E-state index in [1.807, 2.05) is 26.6 Å². The van der Waals surface area contributed by atoms with Crippen LogP contribution in [0.3, 0.4) is 0 Å². The zero-order valence-electron chi connectivity index (χ0n) is 17.6. The van der Waals surface area contributed by atoms with Crippen molar-refractivity contribution in [1.82, 2.24) is 14.2 Å². The van der Waals surface area contributed by atoms with Gasteiger partial charge >= 0.3 is 7.67 Å². The fraction of sp³-hybridized carbons (Fsp3) is 1.00. The summed E-state index contributed by atoms with van der Waals surface area (Å²) in [5, 5.41) is 0. The molecule has 5 unspecified atom stereocenters. The van der Waals surface area contributed by atoms with Crippen molar-refractivity contribution in [1.29, 1.82) is 0 Å². The van der Waals surface area contributed by atoms with Gasteiger partial charge in [-0.1, -0.05) is 13.8 Å². The molecule has 0 spiro atoms. The first-order chi connectivity index (χ1) is 12.1. The third kappa shape index (κ3) is 6.06.